The summed E-state index contributed by atoms with van der Waals surface area (Å²) in [6.07, 6.45) is 0.848. The van der Waals surface area contributed by atoms with E-state index in [-0.39, 0.29) is 24.0 Å². The van der Waals surface area contributed by atoms with Gasteiger partial charge in [-0.3, -0.25) is 0 Å². The summed E-state index contributed by atoms with van der Waals surface area (Å²) >= 11 is 0. The van der Waals surface area contributed by atoms with Gasteiger partial charge >= 0.3 is 0 Å². The van der Waals surface area contributed by atoms with Gasteiger partial charge in [-0.1, -0.05) is 0 Å². The fraction of sp³-hybridized carbons (Fsp3) is 0.167. The highest BCUT2D eigenvalue weighted by Gasteiger charge is 2.22. The smallest absolute Gasteiger partial charge is 0.123 e. The molecule has 1 aromatic heterocycles. The van der Waals surface area contributed by atoms with Crippen molar-refractivity contribution in [2.75, 3.05) is 6.54 Å². The molecule has 24 heavy (non-hydrogen) atoms. The first-order valence-corrected chi connectivity index (χ1v) is 7.56. The zero-order valence-electron chi connectivity index (χ0n) is 12.8. The van der Waals surface area contributed by atoms with E-state index in [2.05, 4.69) is 5.32 Å². The number of halogens is 3. The Bertz CT molecular complexity index is 772. The number of benzene rings is 2. The first kappa shape index (κ1) is 16.6. The highest BCUT2D eigenvalue weighted by Crippen LogP contribution is 2.29. The van der Waals surface area contributed by atoms with Crippen LogP contribution in [0.4, 0.5) is 8.78 Å². The van der Waals surface area contributed by atoms with Crippen LogP contribution >= 0.6 is 12.4 Å². The Kier molecular flexibility index (Phi) is 4.64. The quantitative estimate of drug-likeness (QED) is 0.762. The molecule has 0 bridgehead atoms. The summed E-state index contributed by atoms with van der Waals surface area (Å²) in [7, 11) is 0. The summed E-state index contributed by atoms with van der Waals surface area (Å²) in [5.41, 5.74) is 4.79. The number of aromatic nitrogens is 2. The zero-order valence-corrected chi connectivity index (χ0v) is 13.6. The van der Waals surface area contributed by atoms with Crippen LogP contribution in [0.2, 0.25) is 0 Å². The van der Waals surface area contributed by atoms with E-state index in [1.54, 1.807) is 24.3 Å². The first-order valence-electron chi connectivity index (χ1n) is 7.56. The lowest BCUT2D eigenvalue weighted by Crippen LogP contribution is -2.24. The number of rotatable bonds is 2. The number of fused-ring (bicyclic) bond motifs is 1. The van der Waals surface area contributed by atoms with Crippen LogP contribution in [0.15, 0.2) is 48.5 Å². The van der Waals surface area contributed by atoms with Crippen LogP contribution in [0.5, 0.6) is 0 Å². The monoisotopic (exact) mass is 347 g/mol. The van der Waals surface area contributed by atoms with Crippen molar-refractivity contribution in [2.45, 2.75) is 13.0 Å². The summed E-state index contributed by atoms with van der Waals surface area (Å²) in [4.78, 5) is 0. The Labute approximate surface area is 144 Å². The van der Waals surface area contributed by atoms with Crippen molar-refractivity contribution >= 4 is 12.4 Å². The van der Waals surface area contributed by atoms with Crippen LogP contribution in [-0.4, -0.2) is 16.3 Å². The van der Waals surface area contributed by atoms with Gasteiger partial charge in [-0.05, 0) is 48.5 Å². The maximum Gasteiger partial charge on any atom is 0.123 e. The second kappa shape index (κ2) is 6.71. The maximum absolute atomic E-state index is 13.2. The molecule has 6 heteroatoms. The van der Waals surface area contributed by atoms with Gasteiger partial charge in [-0.15, -0.1) is 12.4 Å². The third kappa shape index (κ3) is 2.92. The fourth-order valence-corrected chi connectivity index (χ4v) is 2.98. The lowest BCUT2D eigenvalue weighted by molar-refractivity contribution is 0.618. The molecule has 0 fully saturated rings. The summed E-state index contributed by atoms with van der Waals surface area (Å²) in [6.45, 7) is 1.60. The number of hydrogen-bond donors (Lipinski definition) is 1. The first-order chi connectivity index (χ1) is 11.2. The molecule has 0 radical (unpaired) electrons. The largest absolute Gasteiger partial charge is 0.312 e. The molecule has 4 rings (SSSR count). The van der Waals surface area contributed by atoms with Crippen molar-refractivity contribution in [2.24, 2.45) is 0 Å². The van der Waals surface area contributed by atoms with Crippen LogP contribution in [0, 0.1) is 11.6 Å². The topological polar surface area (TPSA) is 29.9 Å². The van der Waals surface area contributed by atoms with E-state index in [1.165, 1.54) is 24.3 Å². The third-order valence-corrected chi connectivity index (χ3v) is 4.12. The minimum atomic E-state index is -0.268. The summed E-state index contributed by atoms with van der Waals surface area (Å²) in [6, 6.07) is 12.7. The van der Waals surface area contributed by atoms with Crippen molar-refractivity contribution in [1.29, 1.82) is 0 Å². The molecule has 0 atom stereocenters. The Morgan fingerprint density at radius 2 is 1.54 bits per heavy atom. The SMILES string of the molecule is Cl.Fc1ccc(-c2nn(-c3ccc(F)cc3)c3c2CNCC3)cc1. The van der Waals surface area contributed by atoms with Gasteiger partial charge < -0.3 is 5.32 Å². The lowest BCUT2D eigenvalue weighted by Gasteiger charge is -2.15. The highest BCUT2D eigenvalue weighted by molar-refractivity contribution is 5.85. The Balaban J connectivity index is 0.00000169. The normalized spacial score (nSPS) is 13.2. The average molecular weight is 348 g/mol. The van der Waals surface area contributed by atoms with E-state index in [9.17, 15) is 8.78 Å². The van der Waals surface area contributed by atoms with E-state index in [0.717, 1.165) is 47.7 Å². The fourth-order valence-electron chi connectivity index (χ4n) is 2.98. The number of nitrogens with zero attached hydrogens (tertiary/aromatic N) is 2. The van der Waals surface area contributed by atoms with Gasteiger partial charge in [0.1, 0.15) is 11.6 Å². The van der Waals surface area contributed by atoms with Gasteiger partial charge in [0.05, 0.1) is 17.1 Å². The van der Waals surface area contributed by atoms with E-state index < -0.39 is 0 Å². The lowest BCUT2D eigenvalue weighted by atomic mass is 10.0. The predicted molar refractivity (Wildman–Crippen MR) is 91.6 cm³/mol. The molecule has 3 aromatic rings. The number of hydrogen-bond acceptors (Lipinski definition) is 2. The molecule has 1 aliphatic heterocycles. The maximum atomic E-state index is 13.2. The van der Waals surface area contributed by atoms with Crippen molar-refractivity contribution in [3.8, 4) is 16.9 Å². The molecule has 3 nitrogen and oxygen atoms in total. The van der Waals surface area contributed by atoms with E-state index in [0.29, 0.717) is 0 Å². The van der Waals surface area contributed by atoms with Gasteiger partial charge in [0.15, 0.2) is 0 Å². The van der Waals surface area contributed by atoms with Crippen LogP contribution in [0.25, 0.3) is 16.9 Å². The second-order valence-electron chi connectivity index (χ2n) is 5.60. The Morgan fingerprint density at radius 3 is 2.21 bits per heavy atom. The number of nitrogens with one attached hydrogen (secondary N) is 1. The molecular weight excluding hydrogens is 332 g/mol. The van der Waals surface area contributed by atoms with Crippen molar-refractivity contribution < 1.29 is 8.78 Å². The molecule has 0 saturated heterocycles. The molecule has 1 N–H and O–H groups in total. The average Bonchev–Trinajstić information content (AvgIpc) is 2.96. The molecule has 2 heterocycles. The van der Waals surface area contributed by atoms with Crippen LogP contribution in [-0.2, 0) is 13.0 Å². The van der Waals surface area contributed by atoms with Crippen LogP contribution in [0.1, 0.15) is 11.3 Å². The molecule has 2 aromatic carbocycles. The summed E-state index contributed by atoms with van der Waals surface area (Å²) in [5.74, 6) is -0.533. The van der Waals surface area contributed by atoms with Gasteiger partial charge in [-0.25, -0.2) is 13.5 Å². The molecular formula is C18H16ClF2N3. The van der Waals surface area contributed by atoms with Crippen LogP contribution < -0.4 is 5.32 Å². The Morgan fingerprint density at radius 1 is 0.917 bits per heavy atom. The Hall–Kier alpha value is -2.24. The molecule has 0 saturated carbocycles. The second-order valence-corrected chi connectivity index (χ2v) is 5.60. The van der Waals surface area contributed by atoms with Crippen molar-refractivity contribution in [3.05, 3.63) is 71.4 Å². The summed E-state index contributed by atoms with van der Waals surface area (Å²) in [5, 5.41) is 8.07. The van der Waals surface area contributed by atoms with Gasteiger partial charge in [-0.2, -0.15) is 5.10 Å². The predicted octanol–water partition coefficient (Wildman–Crippen LogP) is 3.89. The van der Waals surface area contributed by atoms with Crippen molar-refractivity contribution in [3.63, 3.8) is 0 Å². The molecule has 1 aliphatic rings. The molecule has 124 valence electrons. The van der Waals surface area contributed by atoms with Gasteiger partial charge in [0, 0.05) is 30.6 Å². The van der Waals surface area contributed by atoms with E-state index >= 15 is 0 Å². The van der Waals surface area contributed by atoms with Crippen molar-refractivity contribution in [1.82, 2.24) is 15.1 Å². The van der Waals surface area contributed by atoms with Gasteiger partial charge in [0.2, 0.25) is 0 Å². The minimum Gasteiger partial charge on any atom is -0.312 e. The zero-order chi connectivity index (χ0) is 15.8. The highest BCUT2D eigenvalue weighted by atomic mass is 35.5. The minimum absolute atomic E-state index is 0. The molecule has 0 aliphatic carbocycles. The van der Waals surface area contributed by atoms with E-state index in [1.807, 2.05) is 4.68 Å². The van der Waals surface area contributed by atoms with E-state index in [4.69, 9.17) is 5.10 Å². The molecule has 0 amide bonds. The summed E-state index contributed by atoms with van der Waals surface area (Å²) < 4.78 is 28.2. The van der Waals surface area contributed by atoms with Crippen LogP contribution in [0.3, 0.4) is 0 Å². The standard InChI is InChI=1S/C18H15F2N3.ClH/c19-13-3-1-12(2-4-13)18-16-11-21-10-9-17(16)23(22-18)15-7-5-14(20)6-8-15;/h1-8,21H,9-11H2;1H. The molecule has 0 unspecified atom stereocenters. The third-order valence-electron chi connectivity index (χ3n) is 4.12. The van der Waals surface area contributed by atoms with Gasteiger partial charge in [0.25, 0.3) is 0 Å². The molecule has 0 spiro atoms.